The number of aromatic hydroxyl groups is 1. The molecule has 0 aliphatic rings. The van der Waals surface area contributed by atoms with Crippen molar-refractivity contribution in [3.8, 4) is 11.5 Å². The van der Waals surface area contributed by atoms with Gasteiger partial charge in [0.25, 0.3) is 0 Å². The lowest BCUT2D eigenvalue weighted by Crippen LogP contribution is -2.03. The highest BCUT2D eigenvalue weighted by atomic mass is 16.5. The zero-order valence-corrected chi connectivity index (χ0v) is 11.9. The Balaban J connectivity index is 2.11. The smallest absolute Gasteiger partial charge is 0.335 e. The molecule has 0 spiro atoms. The number of anilines is 1. The largest absolute Gasteiger partial charge is 0.504 e. The summed E-state index contributed by atoms with van der Waals surface area (Å²) in [6, 6.07) is 10.1. The molecular formula is C16H17NO4. The van der Waals surface area contributed by atoms with Crippen LogP contribution in [0.15, 0.2) is 36.4 Å². The zero-order chi connectivity index (χ0) is 15.4. The number of carbonyl (C=O) groups is 1. The molecule has 0 atom stereocenters. The molecule has 0 saturated heterocycles. The maximum absolute atomic E-state index is 10.9. The van der Waals surface area contributed by atoms with E-state index in [1.165, 1.54) is 7.11 Å². The highest BCUT2D eigenvalue weighted by Gasteiger charge is 2.06. The molecule has 2 aromatic rings. The molecule has 110 valence electrons. The number of aryl methyl sites for hydroxylation is 1. The van der Waals surface area contributed by atoms with E-state index in [2.05, 4.69) is 5.32 Å². The van der Waals surface area contributed by atoms with Gasteiger partial charge in [-0.1, -0.05) is 6.07 Å². The molecule has 5 heteroatoms. The van der Waals surface area contributed by atoms with Crippen LogP contribution in [0.4, 0.5) is 5.69 Å². The van der Waals surface area contributed by atoms with Gasteiger partial charge in [-0.3, -0.25) is 0 Å². The van der Waals surface area contributed by atoms with Gasteiger partial charge >= 0.3 is 5.97 Å². The molecule has 0 radical (unpaired) electrons. The Morgan fingerprint density at radius 1 is 1.24 bits per heavy atom. The van der Waals surface area contributed by atoms with Crippen LogP contribution >= 0.6 is 0 Å². The van der Waals surface area contributed by atoms with E-state index in [0.29, 0.717) is 12.3 Å². The fraction of sp³-hybridized carbons (Fsp3) is 0.188. The first kappa shape index (κ1) is 14.7. The predicted molar refractivity (Wildman–Crippen MR) is 80.1 cm³/mol. The first-order valence-electron chi connectivity index (χ1n) is 6.45. The Morgan fingerprint density at radius 3 is 2.62 bits per heavy atom. The van der Waals surface area contributed by atoms with Crippen molar-refractivity contribution in [3.05, 3.63) is 53.1 Å². The Kier molecular flexibility index (Phi) is 4.33. The Morgan fingerprint density at radius 2 is 2.00 bits per heavy atom. The molecule has 0 unspecified atom stereocenters. The number of hydrogen-bond donors (Lipinski definition) is 3. The van der Waals surface area contributed by atoms with Crippen LogP contribution in [-0.2, 0) is 6.54 Å². The maximum Gasteiger partial charge on any atom is 0.335 e. The lowest BCUT2D eigenvalue weighted by Gasteiger charge is -2.11. The summed E-state index contributed by atoms with van der Waals surface area (Å²) < 4.78 is 5.06. The van der Waals surface area contributed by atoms with Gasteiger partial charge in [0, 0.05) is 12.2 Å². The predicted octanol–water partition coefficient (Wildman–Crippen LogP) is 3.02. The minimum atomic E-state index is -0.937. The van der Waals surface area contributed by atoms with Crippen LogP contribution < -0.4 is 10.1 Å². The highest BCUT2D eigenvalue weighted by Crippen LogP contribution is 2.27. The van der Waals surface area contributed by atoms with Crippen molar-refractivity contribution < 1.29 is 19.7 Å². The lowest BCUT2D eigenvalue weighted by atomic mass is 10.1. The highest BCUT2D eigenvalue weighted by molar-refractivity contribution is 5.88. The minimum Gasteiger partial charge on any atom is -0.504 e. The van der Waals surface area contributed by atoms with Crippen molar-refractivity contribution in [2.24, 2.45) is 0 Å². The molecule has 0 aliphatic heterocycles. The van der Waals surface area contributed by atoms with Crippen molar-refractivity contribution in [2.45, 2.75) is 13.5 Å². The van der Waals surface area contributed by atoms with E-state index in [4.69, 9.17) is 9.84 Å². The molecule has 5 nitrogen and oxygen atoms in total. The Hall–Kier alpha value is -2.69. The molecule has 0 heterocycles. The SMILES string of the molecule is COc1cc(CNc2ccc(C(=O)O)cc2C)ccc1O. The van der Waals surface area contributed by atoms with Crippen molar-refractivity contribution in [1.29, 1.82) is 0 Å². The van der Waals surface area contributed by atoms with E-state index in [9.17, 15) is 9.90 Å². The number of nitrogens with one attached hydrogen (secondary N) is 1. The third-order valence-electron chi connectivity index (χ3n) is 3.20. The average Bonchev–Trinajstić information content (AvgIpc) is 2.47. The summed E-state index contributed by atoms with van der Waals surface area (Å²) in [4.78, 5) is 10.9. The summed E-state index contributed by atoms with van der Waals surface area (Å²) in [6.07, 6.45) is 0. The van der Waals surface area contributed by atoms with Crippen LogP contribution in [0.2, 0.25) is 0 Å². The molecule has 2 aromatic carbocycles. The number of aromatic carboxylic acids is 1. The molecule has 0 bridgehead atoms. The molecule has 2 rings (SSSR count). The Bertz CT molecular complexity index is 667. The van der Waals surface area contributed by atoms with Crippen LogP contribution in [0, 0.1) is 6.92 Å². The molecule has 0 fully saturated rings. The average molecular weight is 287 g/mol. The van der Waals surface area contributed by atoms with Gasteiger partial charge in [0.2, 0.25) is 0 Å². The van der Waals surface area contributed by atoms with Gasteiger partial charge in [-0.2, -0.15) is 0 Å². The van der Waals surface area contributed by atoms with Gasteiger partial charge in [-0.05, 0) is 48.4 Å². The van der Waals surface area contributed by atoms with Crippen LogP contribution in [0.5, 0.6) is 11.5 Å². The summed E-state index contributed by atoms with van der Waals surface area (Å²) >= 11 is 0. The molecule has 0 saturated carbocycles. The van der Waals surface area contributed by atoms with Crippen molar-refractivity contribution in [3.63, 3.8) is 0 Å². The number of phenols is 1. The summed E-state index contributed by atoms with van der Waals surface area (Å²) in [6.45, 7) is 2.40. The number of ether oxygens (including phenoxy) is 1. The summed E-state index contributed by atoms with van der Waals surface area (Å²) in [7, 11) is 1.50. The number of hydrogen-bond acceptors (Lipinski definition) is 4. The van der Waals surface area contributed by atoms with E-state index < -0.39 is 5.97 Å². The Labute approximate surface area is 122 Å². The number of phenolic OH excluding ortho intramolecular Hbond substituents is 1. The van der Waals surface area contributed by atoms with Crippen molar-refractivity contribution in [2.75, 3.05) is 12.4 Å². The lowest BCUT2D eigenvalue weighted by molar-refractivity contribution is 0.0697. The number of methoxy groups -OCH3 is 1. The van der Waals surface area contributed by atoms with Gasteiger partial charge in [-0.15, -0.1) is 0 Å². The van der Waals surface area contributed by atoms with Crippen LogP contribution in [0.25, 0.3) is 0 Å². The minimum absolute atomic E-state index is 0.100. The molecule has 0 amide bonds. The summed E-state index contributed by atoms with van der Waals surface area (Å²) in [5.74, 6) is -0.414. The topological polar surface area (TPSA) is 78.8 Å². The number of rotatable bonds is 5. The standard InChI is InChI=1S/C16H17NO4/c1-10-7-12(16(19)20)4-5-13(10)17-9-11-3-6-14(18)15(8-11)21-2/h3-8,17-18H,9H2,1-2H3,(H,19,20). The molecule has 0 aromatic heterocycles. The van der Waals surface area contributed by atoms with Gasteiger partial charge in [-0.25, -0.2) is 4.79 Å². The quantitative estimate of drug-likeness (QED) is 0.787. The van der Waals surface area contributed by atoms with E-state index >= 15 is 0 Å². The summed E-state index contributed by atoms with van der Waals surface area (Å²) in [5, 5.41) is 21.7. The fourth-order valence-corrected chi connectivity index (χ4v) is 2.02. The normalized spacial score (nSPS) is 10.2. The third-order valence-corrected chi connectivity index (χ3v) is 3.20. The van der Waals surface area contributed by atoms with Gasteiger partial charge in [0.15, 0.2) is 11.5 Å². The zero-order valence-electron chi connectivity index (χ0n) is 11.9. The first-order valence-corrected chi connectivity index (χ1v) is 6.45. The fourth-order valence-electron chi connectivity index (χ4n) is 2.02. The second kappa shape index (κ2) is 6.17. The summed E-state index contributed by atoms with van der Waals surface area (Å²) in [5.41, 5.74) is 2.95. The van der Waals surface area contributed by atoms with Gasteiger partial charge in [0.05, 0.1) is 12.7 Å². The van der Waals surface area contributed by atoms with Crippen LogP contribution in [0.3, 0.4) is 0 Å². The van der Waals surface area contributed by atoms with E-state index in [1.54, 1.807) is 36.4 Å². The van der Waals surface area contributed by atoms with E-state index in [-0.39, 0.29) is 11.3 Å². The van der Waals surface area contributed by atoms with Gasteiger partial charge in [0.1, 0.15) is 0 Å². The van der Waals surface area contributed by atoms with Crippen molar-refractivity contribution in [1.82, 2.24) is 0 Å². The van der Waals surface area contributed by atoms with Gasteiger partial charge < -0.3 is 20.3 Å². The third kappa shape index (κ3) is 3.45. The number of carboxylic acid groups (broad SMARTS) is 1. The second-order valence-electron chi connectivity index (χ2n) is 4.69. The van der Waals surface area contributed by atoms with Crippen LogP contribution in [-0.4, -0.2) is 23.3 Å². The van der Waals surface area contributed by atoms with E-state index in [1.807, 2.05) is 6.92 Å². The maximum atomic E-state index is 10.9. The first-order chi connectivity index (χ1) is 10.0. The monoisotopic (exact) mass is 287 g/mol. The molecule has 0 aliphatic carbocycles. The number of benzene rings is 2. The molecular weight excluding hydrogens is 270 g/mol. The molecule has 3 N–H and O–H groups in total. The number of carboxylic acids is 1. The van der Waals surface area contributed by atoms with Crippen molar-refractivity contribution >= 4 is 11.7 Å². The van der Waals surface area contributed by atoms with Crippen LogP contribution in [0.1, 0.15) is 21.5 Å². The van der Waals surface area contributed by atoms with E-state index in [0.717, 1.165) is 16.8 Å². The second-order valence-corrected chi connectivity index (χ2v) is 4.69. The molecule has 21 heavy (non-hydrogen) atoms.